The van der Waals surface area contributed by atoms with E-state index in [2.05, 4.69) is 15.3 Å². The molecule has 140 valence electrons. The second-order valence-electron chi connectivity index (χ2n) is 7.27. The number of hydrogen-bond donors (Lipinski definition) is 1. The molecule has 2 aliphatic heterocycles. The minimum absolute atomic E-state index is 0.0716. The number of nitrogens with one attached hydrogen (secondary N) is 1. The number of aromatic nitrogens is 3. The van der Waals surface area contributed by atoms with E-state index in [1.165, 1.54) is 0 Å². The lowest BCUT2D eigenvalue weighted by molar-refractivity contribution is -0.121. The van der Waals surface area contributed by atoms with Crippen LogP contribution in [0, 0.1) is 0 Å². The van der Waals surface area contributed by atoms with E-state index in [0.29, 0.717) is 18.8 Å². The zero-order chi connectivity index (χ0) is 19.3. The van der Waals surface area contributed by atoms with Gasteiger partial charge in [0.25, 0.3) is 5.91 Å². The molecule has 1 aromatic carbocycles. The Balaban J connectivity index is 1.69. The second-order valence-corrected chi connectivity index (χ2v) is 7.27. The van der Waals surface area contributed by atoms with E-state index < -0.39 is 11.5 Å². The Morgan fingerprint density at radius 1 is 1.21 bits per heavy atom. The molecule has 2 aromatic heterocycles. The van der Waals surface area contributed by atoms with Crippen molar-refractivity contribution in [2.75, 3.05) is 11.9 Å². The van der Waals surface area contributed by atoms with Gasteiger partial charge >= 0.3 is 0 Å². The van der Waals surface area contributed by atoms with Crippen LogP contribution < -0.4 is 5.32 Å². The third-order valence-electron chi connectivity index (χ3n) is 5.86. The number of imidazole rings is 1. The van der Waals surface area contributed by atoms with E-state index in [9.17, 15) is 9.59 Å². The summed E-state index contributed by atoms with van der Waals surface area (Å²) < 4.78 is 1.70. The summed E-state index contributed by atoms with van der Waals surface area (Å²) in [6, 6.07) is 11.0. The molecule has 0 aliphatic carbocycles. The van der Waals surface area contributed by atoms with Crippen LogP contribution in [0.2, 0.25) is 0 Å². The van der Waals surface area contributed by atoms with E-state index >= 15 is 0 Å². The average Bonchev–Trinajstić information content (AvgIpc) is 3.40. The van der Waals surface area contributed by atoms with Crippen LogP contribution in [0.4, 0.5) is 5.69 Å². The lowest BCUT2D eigenvalue weighted by atomic mass is 9.73. The number of fused-ring (bicyclic) bond motifs is 2. The SMILES string of the molecule is Cn1ccnc1C(=O)N1CCC2(C(=O)Nc3ccccc32)C1c1cccnc1. The summed E-state index contributed by atoms with van der Waals surface area (Å²) in [7, 11) is 1.79. The van der Waals surface area contributed by atoms with Crippen LogP contribution in [0.15, 0.2) is 61.2 Å². The zero-order valence-electron chi connectivity index (χ0n) is 15.4. The monoisotopic (exact) mass is 373 g/mol. The molecule has 7 heteroatoms. The van der Waals surface area contributed by atoms with Crippen LogP contribution in [-0.4, -0.2) is 37.8 Å². The van der Waals surface area contributed by atoms with Crippen molar-refractivity contribution < 1.29 is 9.59 Å². The van der Waals surface area contributed by atoms with Gasteiger partial charge < -0.3 is 14.8 Å². The first kappa shape index (κ1) is 16.7. The molecule has 4 heterocycles. The second kappa shape index (κ2) is 6.02. The number of para-hydroxylation sites is 1. The number of benzene rings is 1. The smallest absolute Gasteiger partial charge is 0.290 e. The molecule has 3 aromatic rings. The van der Waals surface area contributed by atoms with Gasteiger partial charge in [-0.2, -0.15) is 0 Å². The largest absolute Gasteiger partial charge is 0.330 e. The van der Waals surface area contributed by atoms with Gasteiger partial charge in [0, 0.05) is 44.1 Å². The summed E-state index contributed by atoms with van der Waals surface area (Å²) in [6.45, 7) is 0.465. The third kappa shape index (κ3) is 2.16. The molecule has 2 atom stereocenters. The van der Waals surface area contributed by atoms with Gasteiger partial charge in [0.15, 0.2) is 5.82 Å². The minimum Gasteiger partial charge on any atom is -0.330 e. The lowest BCUT2D eigenvalue weighted by Gasteiger charge is -2.34. The van der Waals surface area contributed by atoms with E-state index in [-0.39, 0.29) is 11.8 Å². The number of rotatable bonds is 2. The topological polar surface area (TPSA) is 80.1 Å². The first-order chi connectivity index (χ1) is 13.6. The highest BCUT2D eigenvalue weighted by molar-refractivity contribution is 6.08. The number of likely N-dealkylation sites (tertiary alicyclic amines) is 1. The summed E-state index contributed by atoms with van der Waals surface area (Å²) in [5.41, 5.74) is 1.76. The summed E-state index contributed by atoms with van der Waals surface area (Å²) in [4.78, 5) is 36.9. The van der Waals surface area contributed by atoms with Gasteiger partial charge in [0.2, 0.25) is 5.91 Å². The van der Waals surface area contributed by atoms with E-state index in [4.69, 9.17) is 0 Å². The molecule has 0 radical (unpaired) electrons. The molecule has 2 unspecified atom stereocenters. The Bertz CT molecular complexity index is 1080. The number of anilines is 1. The Kier molecular flexibility index (Phi) is 3.58. The maximum Gasteiger partial charge on any atom is 0.290 e. The minimum atomic E-state index is -0.833. The molecule has 1 N–H and O–H groups in total. The molecule has 0 saturated carbocycles. The number of pyridine rings is 1. The Labute approximate surface area is 162 Å². The number of carbonyl (C=O) groups is 2. The molecule has 2 amide bonds. The maximum atomic E-state index is 13.4. The number of nitrogens with zero attached hydrogens (tertiary/aromatic N) is 4. The van der Waals surface area contributed by atoms with Gasteiger partial charge in [-0.15, -0.1) is 0 Å². The molecule has 5 rings (SSSR count). The van der Waals surface area contributed by atoms with Crippen molar-refractivity contribution in [3.63, 3.8) is 0 Å². The van der Waals surface area contributed by atoms with Gasteiger partial charge in [0.1, 0.15) is 5.41 Å². The highest BCUT2D eigenvalue weighted by Gasteiger charge is 2.59. The number of amides is 2. The molecule has 1 saturated heterocycles. The molecule has 1 fully saturated rings. The van der Waals surface area contributed by atoms with Crippen LogP contribution in [0.25, 0.3) is 0 Å². The average molecular weight is 373 g/mol. The third-order valence-corrected chi connectivity index (χ3v) is 5.86. The van der Waals surface area contributed by atoms with Gasteiger partial charge in [-0.1, -0.05) is 24.3 Å². The highest BCUT2D eigenvalue weighted by atomic mass is 16.2. The van der Waals surface area contributed by atoms with Gasteiger partial charge in [-0.3, -0.25) is 14.6 Å². The first-order valence-corrected chi connectivity index (χ1v) is 9.22. The van der Waals surface area contributed by atoms with Crippen molar-refractivity contribution in [3.05, 3.63) is 78.1 Å². The van der Waals surface area contributed by atoms with Crippen molar-refractivity contribution in [2.45, 2.75) is 17.9 Å². The standard InChI is InChI=1S/C21H19N5O2/c1-25-12-10-23-18(25)19(27)26-11-8-21(17(26)14-5-4-9-22-13-14)15-6-2-3-7-16(15)24-20(21)28/h2-7,9-10,12-13,17H,8,11H2,1H3,(H,24,28). The van der Waals surface area contributed by atoms with Crippen molar-refractivity contribution in [2.24, 2.45) is 7.05 Å². The fourth-order valence-corrected chi connectivity index (χ4v) is 4.61. The fourth-order valence-electron chi connectivity index (χ4n) is 4.61. The van der Waals surface area contributed by atoms with E-state index in [1.807, 2.05) is 36.4 Å². The molecule has 28 heavy (non-hydrogen) atoms. The van der Waals surface area contributed by atoms with E-state index in [1.54, 1.807) is 41.3 Å². The molecule has 7 nitrogen and oxygen atoms in total. The quantitative estimate of drug-likeness (QED) is 0.747. The van der Waals surface area contributed by atoms with E-state index in [0.717, 1.165) is 16.8 Å². The summed E-state index contributed by atoms with van der Waals surface area (Å²) in [6.07, 6.45) is 7.33. The summed E-state index contributed by atoms with van der Waals surface area (Å²) in [5, 5.41) is 3.02. The number of hydrogen-bond acceptors (Lipinski definition) is 4. The number of carbonyl (C=O) groups excluding carboxylic acids is 2. The molecular weight excluding hydrogens is 354 g/mol. The summed E-state index contributed by atoms with van der Waals surface area (Å²) >= 11 is 0. The van der Waals surface area contributed by atoms with Crippen molar-refractivity contribution >= 4 is 17.5 Å². The molecular formula is C21H19N5O2. The normalized spacial score (nSPS) is 23.1. The predicted octanol–water partition coefficient (Wildman–Crippen LogP) is 2.29. The number of aryl methyl sites for hydroxylation is 1. The van der Waals surface area contributed by atoms with Crippen LogP contribution in [0.1, 0.15) is 34.2 Å². The van der Waals surface area contributed by atoms with Crippen LogP contribution in [0.5, 0.6) is 0 Å². The van der Waals surface area contributed by atoms with Gasteiger partial charge in [-0.25, -0.2) is 4.98 Å². The van der Waals surface area contributed by atoms with Crippen molar-refractivity contribution in [3.8, 4) is 0 Å². The first-order valence-electron chi connectivity index (χ1n) is 9.22. The highest BCUT2D eigenvalue weighted by Crippen LogP contribution is 2.54. The zero-order valence-corrected chi connectivity index (χ0v) is 15.4. The fraction of sp³-hybridized carbons (Fsp3) is 0.238. The van der Waals surface area contributed by atoms with Crippen LogP contribution in [0.3, 0.4) is 0 Å². The van der Waals surface area contributed by atoms with Crippen molar-refractivity contribution in [1.82, 2.24) is 19.4 Å². The Morgan fingerprint density at radius 3 is 2.82 bits per heavy atom. The predicted molar refractivity (Wildman–Crippen MR) is 103 cm³/mol. The Morgan fingerprint density at radius 2 is 2.07 bits per heavy atom. The van der Waals surface area contributed by atoms with Gasteiger partial charge in [-0.05, 0) is 29.7 Å². The van der Waals surface area contributed by atoms with Gasteiger partial charge in [0.05, 0.1) is 6.04 Å². The Hall–Kier alpha value is -3.48. The molecule has 0 bridgehead atoms. The molecule has 1 spiro atoms. The molecule has 2 aliphatic rings. The summed E-state index contributed by atoms with van der Waals surface area (Å²) in [5.74, 6) is 0.103. The maximum absolute atomic E-state index is 13.4. The van der Waals surface area contributed by atoms with Crippen molar-refractivity contribution in [1.29, 1.82) is 0 Å². The van der Waals surface area contributed by atoms with Crippen LogP contribution in [-0.2, 0) is 17.3 Å². The lowest BCUT2D eigenvalue weighted by Crippen LogP contribution is -2.43. The van der Waals surface area contributed by atoms with Crippen LogP contribution >= 0.6 is 0 Å².